The summed E-state index contributed by atoms with van der Waals surface area (Å²) in [5, 5.41) is 0. The van der Waals surface area contributed by atoms with Crippen molar-refractivity contribution in [3.8, 4) is 22.6 Å². The maximum absolute atomic E-state index is 12.8. The van der Waals surface area contributed by atoms with E-state index in [1.807, 2.05) is 41.3 Å². The number of ether oxygens (including phenoxy) is 3. The van der Waals surface area contributed by atoms with Crippen molar-refractivity contribution >= 4 is 5.91 Å². The fourth-order valence-electron chi connectivity index (χ4n) is 3.64. The van der Waals surface area contributed by atoms with Crippen LogP contribution in [0.3, 0.4) is 0 Å². The number of carbonyl (C=O) groups is 1. The van der Waals surface area contributed by atoms with Crippen molar-refractivity contribution in [2.24, 2.45) is 0 Å². The number of carbonyl (C=O) groups excluding carboxylic acids is 1. The van der Waals surface area contributed by atoms with E-state index in [0.717, 1.165) is 28.0 Å². The minimum atomic E-state index is -0.271. The van der Waals surface area contributed by atoms with Gasteiger partial charge < -0.3 is 19.1 Å². The van der Waals surface area contributed by atoms with Gasteiger partial charge in [-0.25, -0.2) is 0 Å². The molecule has 1 aliphatic rings. The molecule has 0 radical (unpaired) electrons. The molecule has 4 rings (SSSR count). The normalized spacial score (nSPS) is 16.4. The minimum Gasteiger partial charge on any atom is -0.497 e. The summed E-state index contributed by atoms with van der Waals surface area (Å²) in [5.74, 6) is 1.36. The summed E-state index contributed by atoms with van der Waals surface area (Å²) in [5.41, 5.74) is 3.73. The highest BCUT2D eigenvalue weighted by Crippen LogP contribution is 2.34. The van der Waals surface area contributed by atoms with E-state index in [9.17, 15) is 4.79 Å². The molecule has 154 valence electrons. The van der Waals surface area contributed by atoms with Gasteiger partial charge in [-0.2, -0.15) is 0 Å². The number of methoxy groups -OCH3 is 2. The molecule has 2 aromatic heterocycles. The summed E-state index contributed by atoms with van der Waals surface area (Å²) in [6.07, 6.45) is 6.96. The number of nitrogens with zero attached hydrogens (tertiary/aromatic N) is 3. The van der Waals surface area contributed by atoms with Gasteiger partial charge >= 0.3 is 0 Å². The lowest BCUT2D eigenvalue weighted by atomic mass is 9.96. The Morgan fingerprint density at radius 2 is 1.93 bits per heavy atom. The largest absolute Gasteiger partial charge is 0.497 e. The van der Waals surface area contributed by atoms with Gasteiger partial charge in [-0.15, -0.1) is 0 Å². The molecule has 1 fully saturated rings. The summed E-state index contributed by atoms with van der Waals surface area (Å²) in [4.78, 5) is 23.2. The zero-order chi connectivity index (χ0) is 20.9. The van der Waals surface area contributed by atoms with E-state index in [1.165, 1.54) is 0 Å². The molecule has 0 saturated carbocycles. The summed E-state index contributed by atoms with van der Waals surface area (Å²) >= 11 is 0. The molecule has 1 unspecified atom stereocenters. The predicted molar refractivity (Wildman–Crippen MR) is 111 cm³/mol. The van der Waals surface area contributed by atoms with Gasteiger partial charge in [-0.05, 0) is 35.4 Å². The van der Waals surface area contributed by atoms with E-state index in [2.05, 4.69) is 9.97 Å². The molecule has 3 aromatic rings. The molecule has 0 bridgehead atoms. The van der Waals surface area contributed by atoms with E-state index in [0.29, 0.717) is 18.9 Å². The van der Waals surface area contributed by atoms with Crippen molar-refractivity contribution in [2.45, 2.75) is 12.6 Å². The summed E-state index contributed by atoms with van der Waals surface area (Å²) in [7, 11) is 3.24. The summed E-state index contributed by atoms with van der Waals surface area (Å²) in [6, 6.07) is 11.3. The van der Waals surface area contributed by atoms with Gasteiger partial charge in [-0.3, -0.25) is 14.8 Å². The number of hydrogen-bond acceptors (Lipinski definition) is 6. The van der Waals surface area contributed by atoms with Gasteiger partial charge in [0.2, 0.25) is 5.91 Å². The lowest BCUT2D eigenvalue weighted by Gasteiger charge is -2.36. The fraction of sp³-hybridized carbons (Fsp3) is 0.261. The van der Waals surface area contributed by atoms with E-state index in [1.54, 1.807) is 39.0 Å². The zero-order valence-corrected chi connectivity index (χ0v) is 16.9. The van der Waals surface area contributed by atoms with Crippen LogP contribution >= 0.6 is 0 Å². The molecule has 1 atom stereocenters. The molecule has 0 aliphatic carbocycles. The summed E-state index contributed by atoms with van der Waals surface area (Å²) in [6.45, 7) is 0.914. The molecule has 0 N–H and O–H groups in total. The molecule has 3 heterocycles. The van der Waals surface area contributed by atoms with Crippen LogP contribution in [0.4, 0.5) is 0 Å². The first-order chi connectivity index (χ1) is 14.7. The van der Waals surface area contributed by atoms with Gasteiger partial charge in [0.25, 0.3) is 0 Å². The van der Waals surface area contributed by atoms with Gasteiger partial charge in [0.05, 0.1) is 33.1 Å². The number of pyridine rings is 2. The maximum atomic E-state index is 12.8. The Morgan fingerprint density at radius 3 is 2.77 bits per heavy atom. The van der Waals surface area contributed by atoms with Crippen LogP contribution in [0.25, 0.3) is 11.1 Å². The minimum absolute atomic E-state index is 0.0624. The molecule has 30 heavy (non-hydrogen) atoms. The maximum Gasteiger partial charge on any atom is 0.249 e. The highest BCUT2D eigenvalue weighted by molar-refractivity contribution is 5.79. The Balaban J connectivity index is 1.71. The van der Waals surface area contributed by atoms with Crippen LogP contribution in [0.1, 0.15) is 17.2 Å². The predicted octanol–water partition coefficient (Wildman–Crippen LogP) is 3.26. The monoisotopic (exact) mass is 405 g/mol. The number of morpholine rings is 1. The van der Waals surface area contributed by atoms with Crippen molar-refractivity contribution in [1.29, 1.82) is 0 Å². The average molecular weight is 405 g/mol. The second kappa shape index (κ2) is 8.92. The van der Waals surface area contributed by atoms with Crippen molar-refractivity contribution in [1.82, 2.24) is 14.9 Å². The Hall–Kier alpha value is -3.45. The molecule has 1 aromatic carbocycles. The Morgan fingerprint density at radius 1 is 1.07 bits per heavy atom. The third-order valence-corrected chi connectivity index (χ3v) is 5.16. The second-order valence-electron chi connectivity index (χ2n) is 6.98. The van der Waals surface area contributed by atoms with E-state index >= 15 is 0 Å². The molecule has 7 nitrogen and oxygen atoms in total. The smallest absolute Gasteiger partial charge is 0.249 e. The first-order valence-corrected chi connectivity index (χ1v) is 9.63. The molecule has 1 amide bonds. The number of aromatic nitrogens is 2. The van der Waals surface area contributed by atoms with Crippen molar-refractivity contribution < 1.29 is 19.0 Å². The lowest BCUT2D eigenvalue weighted by Crippen LogP contribution is -2.43. The molecule has 0 spiro atoms. The molecule has 7 heteroatoms. The van der Waals surface area contributed by atoms with Crippen LogP contribution in [-0.2, 0) is 16.1 Å². The van der Waals surface area contributed by atoms with Crippen molar-refractivity contribution in [3.63, 3.8) is 0 Å². The SMILES string of the molecule is COc1cccc(CN2C(=O)COCC2c2cnccc2-c2cncc(OC)c2)c1. The van der Waals surface area contributed by atoms with Crippen LogP contribution in [-0.4, -0.2) is 48.2 Å². The second-order valence-corrected chi connectivity index (χ2v) is 6.98. The quantitative estimate of drug-likeness (QED) is 0.627. The molecular formula is C23H23N3O4. The van der Waals surface area contributed by atoms with Crippen LogP contribution in [0.15, 0.2) is 61.2 Å². The van der Waals surface area contributed by atoms with Crippen molar-refractivity contribution in [3.05, 3.63) is 72.3 Å². The van der Waals surface area contributed by atoms with Crippen LogP contribution in [0.2, 0.25) is 0 Å². The van der Waals surface area contributed by atoms with Crippen LogP contribution in [0, 0.1) is 0 Å². The Bertz CT molecular complexity index is 1040. The molecule has 1 aliphatic heterocycles. The number of amides is 1. The van der Waals surface area contributed by atoms with Gasteiger partial charge in [0, 0.05) is 36.3 Å². The molecule has 1 saturated heterocycles. The van der Waals surface area contributed by atoms with Gasteiger partial charge in [0.1, 0.15) is 18.1 Å². The topological polar surface area (TPSA) is 73.8 Å². The first kappa shape index (κ1) is 19.8. The summed E-state index contributed by atoms with van der Waals surface area (Å²) < 4.78 is 16.3. The van der Waals surface area contributed by atoms with E-state index < -0.39 is 0 Å². The van der Waals surface area contributed by atoms with Crippen molar-refractivity contribution in [2.75, 3.05) is 27.4 Å². The standard InChI is InChI=1S/C23H23N3O4/c1-28-18-5-3-4-16(8-18)13-26-22(14-30-15-23(26)27)21-12-24-7-6-20(21)17-9-19(29-2)11-25-10-17/h3-12,22H,13-15H2,1-2H3. The van der Waals surface area contributed by atoms with Crippen LogP contribution in [0.5, 0.6) is 11.5 Å². The lowest BCUT2D eigenvalue weighted by molar-refractivity contribution is -0.149. The molecular weight excluding hydrogens is 382 g/mol. The highest BCUT2D eigenvalue weighted by atomic mass is 16.5. The Kier molecular flexibility index (Phi) is 5.90. The van der Waals surface area contributed by atoms with Crippen LogP contribution < -0.4 is 9.47 Å². The van der Waals surface area contributed by atoms with E-state index in [-0.39, 0.29) is 18.6 Å². The third kappa shape index (κ3) is 4.11. The first-order valence-electron chi connectivity index (χ1n) is 9.63. The number of hydrogen-bond donors (Lipinski definition) is 0. The van der Waals surface area contributed by atoms with Gasteiger partial charge in [-0.1, -0.05) is 12.1 Å². The average Bonchev–Trinajstić information content (AvgIpc) is 2.80. The van der Waals surface area contributed by atoms with Gasteiger partial charge in [0.15, 0.2) is 0 Å². The highest BCUT2D eigenvalue weighted by Gasteiger charge is 2.32. The fourth-order valence-corrected chi connectivity index (χ4v) is 3.64. The zero-order valence-electron chi connectivity index (χ0n) is 16.9. The third-order valence-electron chi connectivity index (χ3n) is 5.16. The van der Waals surface area contributed by atoms with E-state index in [4.69, 9.17) is 14.2 Å². The number of benzene rings is 1. The Labute approximate surface area is 175 Å². The number of rotatable bonds is 6.